The molecule has 2 atom stereocenters. The highest BCUT2D eigenvalue weighted by molar-refractivity contribution is 8.00. The molecule has 1 aromatic carbocycles. The Morgan fingerprint density at radius 1 is 1.42 bits per heavy atom. The number of aliphatic hydroxyl groups is 1. The Morgan fingerprint density at radius 2 is 2.11 bits per heavy atom. The molecule has 6 heteroatoms. The van der Waals surface area contributed by atoms with Gasteiger partial charge >= 0.3 is 0 Å². The SMILES string of the molecule is CS(=O)(=O)C1CSCCN1CC(O)c1ccccc1. The highest BCUT2D eigenvalue weighted by Crippen LogP contribution is 2.23. The normalized spacial score (nSPS) is 23.2. The van der Waals surface area contributed by atoms with E-state index in [9.17, 15) is 13.5 Å². The van der Waals surface area contributed by atoms with Gasteiger partial charge in [-0.05, 0) is 5.56 Å². The summed E-state index contributed by atoms with van der Waals surface area (Å²) in [6, 6.07) is 9.36. The molecule has 1 aliphatic rings. The number of hydrogen-bond donors (Lipinski definition) is 1. The molecule has 1 saturated heterocycles. The van der Waals surface area contributed by atoms with E-state index in [0.29, 0.717) is 18.8 Å². The Hall–Kier alpha value is -0.560. The number of thioether (sulfide) groups is 1. The van der Waals surface area contributed by atoms with Crippen LogP contribution in [-0.2, 0) is 9.84 Å². The van der Waals surface area contributed by atoms with Crippen molar-refractivity contribution in [2.24, 2.45) is 0 Å². The van der Waals surface area contributed by atoms with Crippen molar-refractivity contribution in [3.05, 3.63) is 35.9 Å². The molecular formula is C13H19NO3S2. The average Bonchev–Trinajstić information content (AvgIpc) is 2.39. The molecule has 0 amide bonds. The number of sulfone groups is 1. The molecule has 0 saturated carbocycles. The molecule has 1 heterocycles. The molecule has 1 aliphatic heterocycles. The molecule has 0 bridgehead atoms. The molecule has 1 aromatic rings. The van der Waals surface area contributed by atoms with Crippen LogP contribution in [0.3, 0.4) is 0 Å². The van der Waals surface area contributed by atoms with Crippen LogP contribution in [0.4, 0.5) is 0 Å². The van der Waals surface area contributed by atoms with Gasteiger partial charge in [-0.25, -0.2) is 8.42 Å². The number of rotatable bonds is 4. The summed E-state index contributed by atoms with van der Waals surface area (Å²) in [5, 5.41) is 9.73. The predicted octanol–water partition coefficient (Wildman–Crippen LogP) is 1.14. The third-order valence-corrected chi connectivity index (χ3v) is 5.96. The van der Waals surface area contributed by atoms with Crippen LogP contribution >= 0.6 is 11.8 Å². The molecule has 0 radical (unpaired) electrons. The third kappa shape index (κ3) is 3.95. The van der Waals surface area contributed by atoms with Crippen LogP contribution in [0.25, 0.3) is 0 Å². The van der Waals surface area contributed by atoms with E-state index >= 15 is 0 Å². The Morgan fingerprint density at radius 3 is 2.74 bits per heavy atom. The highest BCUT2D eigenvalue weighted by Gasteiger charge is 2.32. The number of benzene rings is 1. The molecule has 0 spiro atoms. The van der Waals surface area contributed by atoms with E-state index in [4.69, 9.17) is 0 Å². The molecule has 19 heavy (non-hydrogen) atoms. The minimum atomic E-state index is -3.11. The quantitative estimate of drug-likeness (QED) is 0.904. The fraction of sp³-hybridized carbons (Fsp3) is 0.538. The summed E-state index contributed by atoms with van der Waals surface area (Å²) in [5.41, 5.74) is 0.827. The molecule has 1 N–H and O–H groups in total. The van der Waals surface area contributed by atoms with Crippen LogP contribution < -0.4 is 0 Å². The average molecular weight is 301 g/mol. The van der Waals surface area contributed by atoms with Gasteiger partial charge in [-0.2, -0.15) is 11.8 Å². The second-order valence-electron chi connectivity index (χ2n) is 4.78. The summed E-state index contributed by atoms with van der Waals surface area (Å²) in [6.07, 6.45) is 0.624. The van der Waals surface area contributed by atoms with Gasteiger partial charge in [0.2, 0.25) is 0 Å². The summed E-state index contributed by atoms with van der Waals surface area (Å²) < 4.78 is 23.6. The van der Waals surface area contributed by atoms with Crippen LogP contribution in [0.2, 0.25) is 0 Å². The van der Waals surface area contributed by atoms with Crippen LogP contribution in [0.15, 0.2) is 30.3 Å². The van der Waals surface area contributed by atoms with Crippen molar-refractivity contribution >= 4 is 21.6 Å². The molecule has 0 aliphatic carbocycles. The maximum Gasteiger partial charge on any atom is 0.164 e. The van der Waals surface area contributed by atoms with E-state index in [0.717, 1.165) is 11.3 Å². The Bertz CT molecular complexity index is 504. The van der Waals surface area contributed by atoms with Gasteiger partial charge in [-0.3, -0.25) is 4.90 Å². The van der Waals surface area contributed by atoms with E-state index in [1.807, 2.05) is 35.2 Å². The zero-order valence-corrected chi connectivity index (χ0v) is 12.5. The van der Waals surface area contributed by atoms with Crippen LogP contribution in [0.1, 0.15) is 11.7 Å². The zero-order valence-electron chi connectivity index (χ0n) is 10.9. The van der Waals surface area contributed by atoms with E-state index in [2.05, 4.69) is 0 Å². The first-order valence-electron chi connectivity index (χ1n) is 6.22. The van der Waals surface area contributed by atoms with Gasteiger partial charge in [0.15, 0.2) is 9.84 Å². The maximum absolute atomic E-state index is 11.8. The smallest absolute Gasteiger partial charge is 0.164 e. The second kappa shape index (κ2) is 6.26. The van der Waals surface area contributed by atoms with E-state index in [1.54, 1.807) is 11.8 Å². The second-order valence-corrected chi connectivity index (χ2v) is 8.13. The topological polar surface area (TPSA) is 57.6 Å². The van der Waals surface area contributed by atoms with Gasteiger partial charge in [0.25, 0.3) is 0 Å². The lowest BCUT2D eigenvalue weighted by Crippen LogP contribution is -2.48. The molecule has 2 unspecified atom stereocenters. The fourth-order valence-electron chi connectivity index (χ4n) is 2.22. The Labute approximate surface area is 118 Å². The number of nitrogens with zero attached hydrogens (tertiary/aromatic N) is 1. The lowest BCUT2D eigenvalue weighted by atomic mass is 10.1. The first-order valence-corrected chi connectivity index (χ1v) is 9.33. The summed E-state index contributed by atoms with van der Waals surface area (Å²) in [4.78, 5) is 1.88. The molecule has 0 aromatic heterocycles. The molecule has 4 nitrogen and oxygen atoms in total. The fourth-order valence-corrected chi connectivity index (χ4v) is 5.17. The van der Waals surface area contributed by atoms with E-state index in [-0.39, 0.29) is 0 Å². The minimum absolute atomic E-state index is 0.363. The van der Waals surface area contributed by atoms with Gasteiger partial charge in [0, 0.05) is 30.9 Å². The van der Waals surface area contributed by atoms with Gasteiger partial charge < -0.3 is 5.11 Å². The minimum Gasteiger partial charge on any atom is -0.387 e. The van der Waals surface area contributed by atoms with Crippen molar-refractivity contribution in [1.82, 2.24) is 4.90 Å². The summed E-state index contributed by atoms with van der Waals surface area (Å²) in [6.45, 7) is 1.06. The van der Waals surface area contributed by atoms with Crippen molar-refractivity contribution in [3.8, 4) is 0 Å². The predicted molar refractivity (Wildman–Crippen MR) is 78.9 cm³/mol. The lowest BCUT2D eigenvalue weighted by Gasteiger charge is -2.35. The standard InChI is InChI=1S/C13H19NO3S2/c1-19(16,17)13-10-18-8-7-14(13)9-12(15)11-5-3-2-4-6-11/h2-6,12-13,15H,7-10H2,1H3. The van der Waals surface area contributed by atoms with Crippen molar-refractivity contribution in [2.45, 2.75) is 11.5 Å². The van der Waals surface area contributed by atoms with Crippen LogP contribution in [0, 0.1) is 0 Å². The molecule has 1 fully saturated rings. The highest BCUT2D eigenvalue weighted by atomic mass is 32.2. The summed E-state index contributed by atoms with van der Waals surface area (Å²) in [7, 11) is -3.11. The summed E-state index contributed by atoms with van der Waals surface area (Å²) in [5.74, 6) is 1.49. The van der Waals surface area contributed by atoms with Gasteiger partial charge in [-0.1, -0.05) is 30.3 Å². The zero-order chi connectivity index (χ0) is 13.9. The van der Waals surface area contributed by atoms with Gasteiger partial charge in [-0.15, -0.1) is 0 Å². The van der Waals surface area contributed by atoms with Gasteiger partial charge in [0.1, 0.15) is 5.37 Å². The molecule has 2 rings (SSSR count). The Balaban J connectivity index is 2.08. The Kier molecular flexibility index (Phi) is 4.89. The number of β-amino-alcohol motifs (C(OH)–C–C–N with tert-alkyl or cyclic N) is 1. The lowest BCUT2D eigenvalue weighted by molar-refractivity contribution is 0.111. The molecule has 106 valence electrons. The van der Waals surface area contributed by atoms with Crippen molar-refractivity contribution < 1.29 is 13.5 Å². The van der Waals surface area contributed by atoms with E-state index < -0.39 is 21.3 Å². The number of aliphatic hydroxyl groups excluding tert-OH is 1. The van der Waals surface area contributed by atoms with Crippen LogP contribution in [0.5, 0.6) is 0 Å². The number of hydrogen-bond acceptors (Lipinski definition) is 5. The third-order valence-electron chi connectivity index (χ3n) is 3.28. The van der Waals surface area contributed by atoms with E-state index in [1.165, 1.54) is 6.26 Å². The van der Waals surface area contributed by atoms with Crippen LogP contribution in [-0.4, -0.2) is 54.6 Å². The van der Waals surface area contributed by atoms with Gasteiger partial charge in [0.05, 0.1) is 6.10 Å². The summed E-state index contributed by atoms with van der Waals surface area (Å²) >= 11 is 1.65. The largest absolute Gasteiger partial charge is 0.387 e. The monoisotopic (exact) mass is 301 g/mol. The maximum atomic E-state index is 11.8. The van der Waals surface area contributed by atoms with Crippen molar-refractivity contribution in [1.29, 1.82) is 0 Å². The first kappa shape index (κ1) is 14.8. The first-order chi connectivity index (χ1) is 8.98. The van der Waals surface area contributed by atoms with Crippen molar-refractivity contribution in [2.75, 3.05) is 30.9 Å². The van der Waals surface area contributed by atoms with Crippen molar-refractivity contribution in [3.63, 3.8) is 0 Å². The molecular weight excluding hydrogens is 282 g/mol.